The molecule has 12 heteroatoms. The van der Waals surface area contributed by atoms with E-state index in [2.05, 4.69) is 25.3 Å². The molecular formula is C25H34N8O4. The zero-order chi connectivity index (χ0) is 26.6. The highest BCUT2D eigenvalue weighted by Gasteiger charge is 2.21. The predicted octanol–water partition coefficient (Wildman–Crippen LogP) is 1.58. The van der Waals surface area contributed by atoms with Crippen molar-refractivity contribution in [1.82, 2.24) is 24.6 Å². The molecule has 0 spiro atoms. The molecule has 1 unspecified atom stereocenters. The van der Waals surface area contributed by atoms with Crippen LogP contribution in [0.15, 0.2) is 48.9 Å². The fourth-order valence-electron chi connectivity index (χ4n) is 3.49. The Hall–Kier alpha value is -4.19. The van der Waals surface area contributed by atoms with E-state index in [-0.39, 0.29) is 12.5 Å². The third-order valence-corrected chi connectivity index (χ3v) is 5.77. The highest BCUT2D eigenvalue weighted by Crippen LogP contribution is 2.17. The molecule has 37 heavy (non-hydrogen) atoms. The molecule has 3 N–H and O–H groups in total. The minimum atomic E-state index is -0.0849. The number of carbonyl (C=O) groups excluding carboxylic acids is 2. The van der Waals surface area contributed by atoms with Crippen LogP contribution in [0, 0.1) is 6.92 Å². The molecular weight excluding hydrogens is 476 g/mol. The summed E-state index contributed by atoms with van der Waals surface area (Å²) in [5.41, 5.74) is 7.24. The van der Waals surface area contributed by atoms with E-state index in [1.165, 1.54) is 16.4 Å². The summed E-state index contributed by atoms with van der Waals surface area (Å²) in [6, 6.07) is 10.0. The number of anilines is 3. The number of nitrogens with one attached hydrogen (secondary N) is 1. The fraction of sp³-hybridized carbons (Fsp3) is 0.400. The second kappa shape index (κ2) is 13.8. The van der Waals surface area contributed by atoms with Gasteiger partial charge in [-0.05, 0) is 31.5 Å². The summed E-state index contributed by atoms with van der Waals surface area (Å²) in [5, 5.41) is 6.49. The average Bonchev–Trinajstić information content (AvgIpc) is 3.58. The van der Waals surface area contributed by atoms with E-state index in [9.17, 15) is 9.59 Å². The number of aromatic nitrogens is 4. The van der Waals surface area contributed by atoms with Crippen LogP contribution >= 0.6 is 0 Å². The highest BCUT2D eigenvalue weighted by molar-refractivity contribution is 5.76. The van der Waals surface area contributed by atoms with Gasteiger partial charge in [0.05, 0.1) is 31.1 Å². The van der Waals surface area contributed by atoms with Crippen LogP contribution in [0.1, 0.15) is 12.0 Å². The van der Waals surface area contributed by atoms with E-state index < -0.39 is 0 Å². The van der Waals surface area contributed by atoms with Crippen LogP contribution in [0.4, 0.5) is 17.5 Å². The highest BCUT2D eigenvalue weighted by atomic mass is 16.5. The summed E-state index contributed by atoms with van der Waals surface area (Å²) in [6.45, 7) is 4.62. The van der Waals surface area contributed by atoms with Crippen molar-refractivity contribution in [3.05, 3.63) is 54.5 Å². The standard InChI is InChI=1S/C16H20N4O3.C9H14N4O/c1-13-3-5-15(6-4-13)23-8-7-19(2)16(22)11-20-10-14(9-18-20)17-12-21;1-13(7-3-5-14-6-7)8-2-4-11-9(10)12-8/h3-6,9-10,12H,7-8,11H2,1-2H3,(H,17,21);2,4,7H,3,5-6H2,1H3,(H2,10,11,12). The predicted molar refractivity (Wildman–Crippen MR) is 140 cm³/mol. The molecule has 0 bridgehead atoms. The molecule has 198 valence electrons. The van der Waals surface area contributed by atoms with Crippen LogP contribution in [0.3, 0.4) is 0 Å². The number of nitrogen functional groups attached to an aromatic ring is 1. The topological polar surface area (TPSA) is 141 Å². The largest absolute Gasteiger partial charge is 0.492 e. The number of nitrogens with two attached hydrogens (primary N) is 1. The number of hydrogen-bond donors (Lipinski definition) is 2. The van der Waals surface area contributed by atoms with Crippen molar-refractivity contribution in [2.45, 2.75) is 25.9 Å². The molecule has 0 saturated carbocycles. The van der Waals surface area contributed by atoms with Gasteiger partial charge in [-0.2, -0.15) is 10.1 Å². The lowest BCUT2D eigenvalue weighted by Crippen LogP contribution is -2.33. The molecule has 1 aliphatic rings. The number of nitrogens with zero attached hydrogens (tertiary/aromatic N) is 6. The smallest absolute Gasteiger partial charge is 0.244 e. The first kappa shape index (κ1) is 27.4. The van der Waals surface area contributed by atoms with Crippen molar-refractivity contribution in [2.24, 2.45) is 0 Å². The Kier molecular flexibility index (Phi) is 10.2. The monoisotopic (exact) mass is 510 g/mol. The van der Waals surface area contributed by atoms with Gasteiger partial charge < -0.3 is 30.3 Å². The SMILES string of the molecule is CN(c1ccnc(N)n1)C1CCOC1.Cc1ccc(OCCN(C)C(=O)Cn2cc(NC=O)cn2)cc1. The number of likely N-dealkylation sites (N-methyl/N-ethyl adjacent to an activating group) is 2. The third kappa shape index (κ3) is 8.76. The van der Waals surface area contributed by atoms with E-state index >= 15 is 0 Å². The molecule has 1 atom stereocenters. The van der Waals surface area contributed by atoms with Crippen molar-refractivity contribution in [3.8, 4) is 5.75 Å². The second-order valence-electron chi connectivity index (χ2n) is 8.57. The molecule has 2 aromatic heterocycles. The lowest BCUT2D eigenvalue weighted by Gasteiger charge is -2.23. The van der Waals surface area contributed by atoms with Gasteiger partial charge in [0.1, 0.15) is 24.7 Å². The first-order valence-electron chi connectivity index (χ1n) is 11.9. The second-order valence-corrected chi connectivity index (χ2v) is 8.57. The minimum absolute atomic E-state index is 0.0849. The van der Waals surface area contributed by atoms with E-state index in [1.807, 2.05) is 44.3 Å². The molecule has 1 saturated heterocycles. The summed E-state index contributed by atoms with van der Waals surface area (Å²) in [4.78, 5) is 34.1. The van der Waals surface area contributed by atoms with Gasteiger partial charge in [0.15, 0.2) is 0 Å². The summed E-state index contributed by atoms with van der Waals surface area (Å²) >= 11 is 0. The number of rotatable bonds is 10. The van der Waals surface area contributed by atoms with Crippen LogP contribution in [0.25, 0.3) is 0 Å². The number of hydrogen-bond acceptors (Lipinski definition) is 9. The van der Waals surface area contributed by atoms with Crippen molar-refractivity contribution in [1.29, 1.82) is 0 Å². The molecule has 12 nitrogen and oxygen atoms in total. The molecule has 0 aliphatic carbocycles. The Bertz CT molecular complexity index is 1130. The van der Waals surface area contributed by atoms with Gasteiger partial charge in [-0.15, -0.1) is 0 Å². The molecule has 1 fully saturated rings. The van der Waals surface area contributed by atoms with Gasteiger partial charge >= 0.3 is 0 Å². The molecule has 3 aromatic rings. The van der Waals surface area contributed by atoms with Gasteiger partial charge in [-0.25, -0.2) is 4.98 Å². The Morgan fingerprint density at radius 3 is 2.76 bits per heavy atom. The summed E-state index contributed by atoms with van der Waals surface area (Å²) in [5.74, 6) is 1.87. The maximum absolute atomic E-state index is 12.1. The number of ether oxygens (including phenoxy) is 2. The normalized spacial score (nSPS) is 14.3. The molecule has 3 heterocycles. The summed E-state index contributed by atoms with van der Waals surface area (Å²) in [7, 11) is 3.72. The zero-order valence-electron chi connectivity index (χ0n) is 21.4. The number of amides is 2. The van der Waals surface area contributed by atoms with Gasteiger partial charge in [0, 0.05) is 33.1 Å². The molecule has 4 rings (SSSR count). The van der Waals surface area contributed by atoms with Crippen LogP contribution in [-0.4, -0.2) is 83.5 Å². The Morgan fingerprint density at radius 1 is 1.30 bits per heavy atom. The molecule has 1 aliphatic heterocycles. The van der Waals surface area contributed by atoms with Crippen molar-refractivity contribution < 1.29 is 19.1 Å². The van der Waals surface area contributed by atoms with E-state index in [4.69, 9.17) is 15.2 Å². The van der Waals surface area contributed by atoms with Crippen LogP contribution in [0.2, 0.25) is 0 Å². The van der Waals surface area contributed by atoms with Crippen LogP contribution < -0.4 is 20.7 Å². The van der Waals surface area contributed by atoms with E-state index in [1.54, 1.807) is 24.3 Å². The number of benzene rings is 1. The summed E-state index contributed by atoms with van der Waals surface area (Å²) in [6.07, 6.45) is 6.37. The van der Waals surface area contributed by atoms with Crippen LogP contribution in [-0.2, 0) is 20.9 Å². The first-order valence-corrected chi connectivity index (χ1v) is 11.9. The Morgan fingerprint density at radius 2 is 2.08 bits per heavy atom. The van der Waals surface area contributed by atoms with Gasteiger partial charge in [0.2, 0.25) is 18.3 Å². The zero-order valence-corrected chi connectivity index (χ0v) is 21.4. The van der Waals surface area contributed by atoms with Crippen molar-refractivity contribution in [3.63, 3.8) is 0 Å². The Labute approximate surface area is 216 Å². The number of aryl methyl sites for hydroxylation is 1. The van der Waals surface area contributed by atoms with Gasteiger partial charge in [0.25, 0.3) is 0 Å². The lowest BCUT2D eigenvalue weighted by atomic mass is 10.2. The molecule has 1 aromatic carbocycles. The maximum Gasteiger partial charge on any atom is 0.244 e. The Balaban J connectivity index is 0.000000231. The average molecular weight is 511 g/mol. The minimum Gasteiger partial charge on any atom is -0.492 e. The van der Waals surface area contributed by atoms with Gasteiger partial charge in [-0.3, -0.25) is 14.3 Å². The number of carbonyl (C=O) groups is 2. The van der Waals surface area contributed by atoms with E-state index in [0.29, 0.717) is 37.2 Å². The summed E-state index contributed by atoms with van der Waals surface area (Å²) < 4.78 is 12.4. The quantitative estimate of drug-likeness (QED) is 0.389. The lowest BCUT2D eigenvalue weighted by molar-refractivity contribution is -0.131. The molecule has 2 amide bonds. The van der Waals surface area contributed by atoms with Gasteiger partial charge in [-0.1, -0.05) is 17.7 Å². The maximum atomic E-state index is 12.1. The van der Waals surface area contributed by atoms with Crippen molar-refractivity contribution >= 4 is 29.8 Å². The van der Waals surface area contributed by atoms with E-state index in [0.717, 1.165) is 31.2 Å². The van der Waals surface area contributed by atoms with Crippen molar-refractivity contribution in [2.75, 3.05) is 56.4 Å². The third-order valence-electron chi connectivity index (χ3n) is 5.77. The van der Waals surface area contributed by atoms with Crippen LogP contribution in [0.5, 0.6) is 5.75 Å². The first-order chi connectivity index (χ1) is 17.9. The molecule has 0 radical (unpaired) electrons. The fourth-order valence-corrected chi connectivity index (χ4v) is 3.49.